The highest BCUT2D eigenvalue weighted by Crippen LogP contribution is 2.58. The Hall–Kier alpha value is -3.32. The molecule has 1 heteroatoms. The maximum absolute atomic E-state index is 3.86. The van der Waals surface area contributed by atoms with E-state index in [1.54, 1.807) is 5.56 Å². The fraction of sp³-hybridized carbons (Fsp3) is 0.273. The van der Waals surface area contributed by atoms with E-state index >= 15 is 0 Å². The quantitative estimate of drug-likeness (QED) is 0.327. The predicted molar refractivity (Wildman–Crippen MR) is 143 cm³/mol. The number of hydrogen-bond acceptors (Lipinski definition) is 1. The summed E-state index contributed by atoms with van der Waals surface area (Å²) in [5.41, 5.74) is 14.1. The number of rotatable bonds is 2. The first kappa shape index (κ1) is 20.1. The van der Waals surface area contributed by atoms with E-state index in [0.717, 1.165) is 0 Å². The third-order valence-electron chi connectivity index (χ3n) is 8.86. The van der Waals surface area contributed by atoms with Crippen molar-refractivity contribution in [3.63, 3.8) is 0 Å². The monoisotopic (exact) mass is 441 g/mol. The summed E-state index contributed by atoms with van der Waals surface area (Å²) >= 11 is 0. The second-order valence-corrected chi connectivity index (χ2v) is 11.0. The molecule has 0 saturated heterocycles. The van der Waals surface area contributed by atoms with Crippen LogP contribution in [-0.4, -0.2) is 0 Å². The Bertz CT molecular complexity index is 1430. The fourth-order valence-corrected chi connectivity index (χ4v) is 7.24. The summed E-state index contributed by atoms with van der Waals surface area (Å²) in [7, 11) is 0. The molecule has 0 aliphatic heterocycles. The lowest BCUT2D eigenvalue weighted by Gasteiger charge is -2.36. The summed E-state index contributed by atoms with van der Waals surface area (Å²) in [6.07, 6.45) is 6.56. The van der Waals surface area contributed by atoms with Crippen molar-refractivity contribution >= 4 is 11.4 Å². The molecule has 0 atom stereocenters. The number of hydrogen-bond donors (Lipinski definition) is 1. The van der Waals surface area contributed by atoms with Crippen LogP contribution in [0.2, 0.25) is 0 Å². The SMILES string of the molecule is CC1(C)c2ccccc2-c2ccc(Nc3cccc4c3-c3ccccc3C43CCCCC3)cc21. The highest BCUT2D eigenvalue weighted by molar-refractivity contribution is 5.92. The minimum absolute atomic E-state index is 0.0149. The summed E-state index contributed by atoms with van der Waals surface area (Å²) in [6.45, 7) is 4.70. The molecule has 1 N–H and O–H groups in total. The fourth-order valence-electron chi connectivity index (χ4n) is 7.24. The van der Waals surface area contributed by atoms with Crippen molar-refractivity contribution in [1.29, 1.82) is 0 Å². The molecule has 0 amide bonds. The molecule has 4 aromatic rings. The zero-order chi connectivity index (χ0) is 22.9. The van der Waals surface area contributed by atoms with Crippen LogP contribution in [0.15, 0.2) is 84.9 Å². The average Bonchev–Trinajstić information content (AvgIpc) is 3.27. The van der Waals surface area contributed by atoms with Gasteiger partial charge in [-0.1, -0.05) is 99.8 Å². The topological polar surface area (TPSA) is 12.0 Å². The standard InChI is InChI=1S/C33H31N/c1-32(2)26-13-6-4-11-23(26)24-18-17-22(21-29(24)32)34-30-16-10-15-28-31(30)25-12-5-7-14-27(25)33(28)19-8-3-9-20-33/h4-7,10-18,21,34H,3,8-9,19-20H2,1-2H3. The Morgan fingerprint density at radius 2 is 1.26 bits per heavy atom. The first-order chi connectivity index (χ1) is 16.6. The number of anilines is 2. The Balaban J connectivity index is 1.34. The number of fused-ring (bicyclic) bond motifs is 8. The van der Waals surface area contributed by atoms with Crippen LogP contribution in [0.4, 0.5) is 11.4 Å². The molecule has 1 nitrogen and oxygen atoms in total. The average molecular weight is 442 g/mol. The van der Waals surface area contributed by atoms with Gasteiger partial charge in [0.2, 0.25) is 0 Å². The Labute approximate surface area is 202 Å². The van der Waals surface area contributed by atoms with E-state index in [0.29, 0.717) is 0 Å². The third kappa shape index (κ3) is 2.61. The van der Waals surface area contributed by atoms with Crippen LogP contribution in [0, 0.1) is 0 Å². The summed E-state index contributed by atoms with van der Waals surface area (Å²) < 4.78 is 0. The van der Waals surface area contributed by atoms with Gasteiger partial charge in [0.05, 0.1) is 0 Å². The molecule has 7 rings (SSSR count). The Morgan fingerprint density at radius 1 is 0.588 bits per heavy atom. The molecule has 1 saturated carbocycles. The van der Waals surface area contributed by atoms with Crippen molar-refractivity contribution < 1.29 is 0 Å². The normalized spacial score (nSPS) is 18.2. The van der Waals surface area contributed by atoms with Crippen molar-refractivity contribution in [3.05, 3.63) is 107 Å². The predicted octanol–water partition coefficient (Wildman–Crippen LogP) is 8.97. The maximum atomic E-state index is 3.86. The summed E-state index contributed by atoms with van der Waals surface area (Å²) in [5.74, 6) is 0. The maximum Gasteiger partial charge on any atom is 0.0467 e. The Morgan fingerprint density at radius 3 is 2.09 bits per heavy atom. The van der Waals surface area contributed by atoms with E-state index in [-0.39, 0.29) is 10.8 Å². The molecule has 0 heterocycles. The van der Waals surface area contributed by atoms with Crippen LogP contribution in [0.1, 0.15) is 68.2 Å². The first-order valence-corrected chi connectivity index (χ1v) is 12.8. The third-order valence-corrected chi connectivity index (χ3v) is 8.86. The lowest BCUT2D eigenvalue weighted by atomic mass is 9.68. The lowest BCUT2D eigenvalue weighted by molar-refractivity contribution is 0.353. The van der Waals surface area contributed by atoms with Crippen LogP contribution in [0.3, 0.4) is 0 Å². The van der Waals surface area contributed by atoms with E-state index in [2.05, 4.69) is 104 Å². The van der Waals surface area contributed by atoms with Crippen molar-refractivity contribution in [3.8, 4) is 22.3 Å². The van der Waals surface area contributed by atoms with Gasteiger partial charge in [0.25, 0.3) is 0 Å². The summed E-state index contributed by atoms with van der Waals surface area (Å²) in [4.78, 5) is 0. The van der Waals surface area contributed by atoms with Crippen molar-refractivity contribution in [2.75, 3.05) is 5.32 Å². The van der Waals surface area contributed by atoms with Gasteiger partial charge in [-0.15, -0.1) is 0 Å². The summed E-state index contributed by atoms with van der Waals surface area (Å²) in [6, 6.07) is 31.9. The van der Waals surface area contributed by atoms with Gasteiger partial charge in [-0.2, -0.15) is 0 Å². The van der Waals surface area contributed by atoms with E-state index in [1.165, 1.54) is 82.4 Å². The summed E-state index contributed by atoms with van der Waals surface area (Å²) in [5, 5.41) is 3.86. The van der Waals surface area contributed by atoms with Crippen LogP contribution in [0.25, 0.3) is 22.3 Å². The molecule has 168 valence electrons. The number of benzene rings is 4. The molecule has 3 aliphatic carbocycles. The highest BCUT2D eigenvalue weighted by atomic mass is 14.9. The Kier molecular flexibility index (Phi) is 4.19. The molecule has 34 heavy (non-hydrogen) atoms. The lowest BCUT2D eigenvalue weighted by Crippen LogP contribution is -2.27. The van der Waals surface area contributed by atoms with Crippen molar-refractivity contribution in [2.24, 2.45) is 0 Å². The van der Waals surface area contributed by atoms with Gasteiger partial charge in [0, 0.05) is 27.8 Å². The largest absolute Gasteiger partial charge is 0.355 e. The van der Waals surface area contributed by atoms with Gasteiger partial charge >= 0.3 is 0 Å². The van der Waals surface area contributed by atoms with E-state index < -0.39 is 0 Å². The molecule has 1 spiro atoms. The molecule has 0 radical (unpaired) electrons. The van der Waals surface area contributed by atoms with Gasteiger partial charge < -0.3 is 5.32 Å². The van der Waals surface area contributed by atoms with Crippen molar-refractivity contribution in [2.45, 2.75) is 56.8 Å². The van der Waals surface area contributed by atoms with Crippen LogP contribution >= 0.6 is 0 Å². The molecule has 0 aromatic heterocycles. The van der Waals surface area contributed by atoms with Crippen LogP contribution in [0.5, 0.6) is 0 Å². The molecule has 1 fully saturated rings. The van der Waals surface area contributed by atoms with Crippen LogP contribution < -0.4 is 5.32 Å². The van der Waals surface area contributed by atoms with Crippen molar-refractivity contribution in [1.82, 2.24) is 0 Å². The molecule has 0 unspecified atom stereocenters. The zero-order valence-electron chi connectivity index (χ0n) is 20.1. The van der Waals surface area contributed by atoms with Gasteiger partial charge in [-0.25, -0.2) is 0 Å². The smallest absolute Gasteiger partial charge is 0.0467 e. The zero-order valence-corrected chi connectivity index (χ0v) is 20.1. The van der Waals surface area contributed by atoms with Gasteiger partial charge in [-0.3, -0.25) is 0 Å². The van der Waals surface area contributed by atoms with Gasteiger partial charge in [0.15, 0.2) is 0 Å². The second kappa shape index (κ2) is 7.09. The molecule has 3 aliphatic rings. The molecular weight excluding hydrogens is 410 g/mol. The minimum Gasteiger partial charge on any atom is -0.355 e. The molecule has 0 bridgehead atoms. The second-order valence-electron chi connectivity index (χ2n) is 11.0. The molecular formula is C33H31N. The number of nitrogens with one attached hydrogen (secondary N) is 1. The highest BCUT2D eigenvalue weighted by Gasteiger charge is 2.44. The molecule has 4 aromatic carbocycles. The van der Waals surface area contributed by atoms with Gasteiger partial charge in [0.1, 0.15) is 0 Å². The van der Waals surface area contributed by atoms with E-state index in [9.17, 15) is 0 Å². The van der Waals surface area contributed by atoms with E-state index in [1.807, 2.05) is 0 Å². The first-order valence-electron chi connectivity index (χ1n) is 12.8. The minimum atomic E-state index is 0.0149. The van der Waals surface area contributed by atoms with Crippen LogP contribution in [-0.2, 0) is 10.8 Å². The van der Waals surface area contributed by atoms with E-state index in [4.69, 9.17) is 0 Å². The van der Waals surface area contributed by atoms with Gasteiger partial charge in [-0.05, 0) is 70.0 Å².